The van der Waals surface area contributed by atoms with Crippen molar-refractivity contribution in [1.82, 2.24) is 0 Å². The van der Waals surface area contributed by atoms with Crippen LogP contribution in [-0.4, -0.2) is 0 Å². The van der Waals surface area contributed by atoms with Gasteiger partial charge >= 0.3 is 0 Å². The lowest BCUT2D eigenvalue weighted by atomic mass is 9.96. The molecule has 3 aromatic carbocycles. The van der Waals surface area contributed by atoms with Gasteiger partial charge in [-0.2, -0.15) is 4.57 Å². The molecule has 0 radical (unpaired) electrons. The van der Waals surface area contributed by atoms with Crippen LogP contribution in [-0.2, 0) is 7.05 Å². The van der Waals surface area contributed by atoms with Gasteiger partial charge in [-0.1, -0.05) is 83.8 Å². The van der Waals surface area contributed by atoms with Crippen LogP contribution >= 0.6 is 23.1 Å². The van der Waals surface area contributed by atoms with E-state index in [2.05, 4.69) is 103 Å². The second kappa shape index (κ2) is 9.56. The summed E-state index contributed by atoms with van der Waals surface area (Å²) in [7, 11) is -2.81. The number of fused-ring (bicyclic) bond motifs is 3. The lowest BCUT2D eigenvalue weighted by molar-refractivity contribution is -2.00. The van der Waals surface area contributed by atoms with E-state index in [1.165, 1.54) is 41.7 Å². The minimum absolute atomic E-state index is 1.25. The zero-order valence-electron chi connectivity index (χ0n) is 16.9. The van der Waals surface area contributed by atoms with E-state index >= 15 is 0 Å². The summed E-state index contributed by atoms with van der Waals surface area (Å²) in [6.45, 7) is 0. The van der Waals surface area contributed by atoms with Crippen molar-refractivity contribution < 1.29 is 33.4 Å². The van der Waals surface area contributed by atoms with Gasteiger partial charge in [-0.05, 0) is 34.9 Å². The summed E-state index contributed by atoms with van der Waals surface area (Å²) < 4.78 is 37.5. The third kappa shape index (κ3) is 5.28. The molecule has 32 heavy (non-hydrogen) atoms. The van der Waals surface area contributed by atoms with E-state index in [-0.39, 0.29) is 0 Å². The molecular formula is C24H18ClNO4S2. The highest BCUT2D eigenvalue weighted by Crippen LogP contribution is 2.45. The van der Waals surface area contributed by atoms with Crippen LogP contribution in [0.1, 0.15) is 16.1 Å². The predicted molar refractivity (Wildman–Crippen MR) is 116 cm³/mol. The fourth-order valence-electron chi connectivity index (χ4n) is 3.49. The Morgan fingerprint density at radius 3 is 1.91 bits per heavy atom. The zero-order chi connectivity index (χ0) is 22.7. The Kier molecular flexibility index (Phi) is 6.78. The SMILES string of the molecule is C[n+]1c(/C=C/C=C2c3ccccc3Sc3ccccc32)sc2ccccc21.[O-][Cl+3]([O-])([O-])[O-]. The molecule has 0 saturated heterocycles. The molecule has 5 nitrogen and oxygen atoms in total. The molecule has 0 saturated carbocycles. The highest BCUT2D eigenvalue weighted by molar-refractivity contribution is 7.99. The summed E-state index contributed by atoms with van der Waals surface area (Å²) in [5.74, 6) is 0. The summed E-state index contributed by atoms with van der Waals surface area (Å²) in [6, 6.07) is 25.9. The third-order valence-corrected chi connectivity index (χ3v) is 7.18. The van der Waals surface area contributed by atoms with Crippen LogP contribution < -0.4 is 23.2 Å². The van der Waals surface area contributed by atoms with E-state index in [1.54, 1.807) is 0 Å². The number of allylic oxidation sites excluding steroid dienone is 2. The molecule has 0 aliphatic carbocycles. The number of para-hydroxylation sites is 1. The van der Waals surface area contributed by atoms with E-state index in [1.807, 2.05) is 23.1 Å². The maximum absolute atomic E-state index is 8.49. The fraction of sp³-hybridized carbons (Fsp3) is 0.0417. The number of hydrogen-bond acceptors (Lipinski definition) is 6. The van der Waals surface area contributed by atoms with Gasteiger partial charge in [-0.15, -0.1) is 10.2 Å². The lowest BCUT2D eigenvalue weighted by Crippen LogP contribution is -2.68. The molecular weight excluding hydrogens is 466 g/mol. The van der Waals surface area contributed by atoms with Crippen LogP contribution in [0.4, 0.5) is 0 Å². The zero-order valence-corrected chi connectivity index (χ0v) is 19.3. The topological polar surface area (TPSA) is 96.1 Å². The Balaban J connectivity index is 0.000000444. The van der Waals surface area contributed by atoms with Gasteiger partial charge in [0.25, 0.3) is 5.01 Å². The molecule has 162 valence electrons. The molecule has 5 rings (SSSR count). The molecule has 8 heteroatoms. The Bertz CT molecular complexity index is 1270. The van der Waals surface area contributed by atoms with Crippen molar-refractivity contribution >= 4 is 45.0 Å². The maximum atomic E-state index is 8.49. The van der Waals surface area contributed by atoms with E-state index in [0.29, 0.717) is 0 Å². The van der Waals surface area contributed by atoms with Gasteiger partial charge in [-0.25, -0.2) is 18.6 Å². The average molecular weight is 484 g/mol. The van der Waals surface area contributed by atoms with Crippen molar-refractivity contribution in [3.8, 4) is 0 Å². The normalized spacial score (nSPS) is 12.8. The Labute approximate surface area is 196 Å². The van der Waals surface area contributed by atoms with Crippen molar-refractivity contribution in [2.24, 2.45) is 7.05 Å². The van der Waals surface area contributed by atoms with Crippen LogP contribution in [0, 0.1) is 10.2 Å². The van der Waals surface area contributed by atoms with Crippen LogP contribution in [0.25, 0.3) is 21.9 Å². The van der Waals surface area contributed by atoms with Gasteiger partial charge in [0.15, 0.2) is 0 Å². The van der Waals surface area contributed by atoms with E-state index in [9.17, 15) is 0 Å². The number of benzene rings is 3. The van der Waals surface area contributed by atoms with Gasteiger partial charge < -0.3 is 0 Å². The van der Waals surface area contributed by atoms with E-state index < -0.39 is 10.2 Å². The first-order valence-corrected chi connectivity index (χ1v) is 12.4. The molecule has 0 fully saturated rings. The van der Waals surface area contributed by atoms with Gasteiger partial charge in [0, 0.05) is 21.9 Å². The largest absolute Gasteiger partial charge is 0.262 e. The standard InChI is InChI=1S/C24H18NS2.ClHO4/c1-25-20-12-4-7-15-23(20)27-24(25)16-8-11-17-18-9-2-5-13-21(18)26-22-14-6-3-10-19(17)22;2-1(3,4)5/h2-16H,1H3;(H,2,3,4,5)/q+1;/p-1/b16-8+;. The summed E-state index contributed by atoms with van der Waals surface area (Å²) >= 11 is 3.68. The first-order valence-electron chi connectivity index (χ1n) is 9.55. The summed E-state index contributed by atoms with van der Waals surface area (Å²) in [5.41, 5.74) is 5.19. The van der Waals surface area contributed by atoms with Crippen LogP contribution in [0.5, 0.6) is 0 Å². The van der Waals surface area contributed by atoms with Gasteiger partial charge in [-0.3, -0.25) is 0 Å². The number of halogens is 1. The Hall–Kier alpha value is -2.49. The van der Waals surface area contributed by atoms with Crippen molar-refractivity contribution in [1.29, 1.82) is 0 Å². The fourth-order valence-corrected chi connectivity index (χ4v) is 5.66. The van der Waals surface area contributed by atoms with Crippen molar-refractivity contribution in [2.45, 2.75) is 9.79 Å². The molecule has 1 aromatic heterocycles. The highest BCUT2D eigenvalue weighted by Gasteiger charge is 2.19. The molecule has 0 unspecified atom stereocenters. The number of aryl methyl sites for hydroxylation is 1. The second-order valence-corrected chi connectivity index (χ2v) is 9.78. The lowest BCUT2D eigenvalue weighted by Gasteiger charge is -2.21. The van der Waals surface area contributed by atoms with Gasteiger partial charge in [0.2, 0.25) is 5.52 Å². The molecule has 1 aliphatic rings. The number of hydrogen-bond donors (Lipinski definition) is 0. The molecule has 1 aliphatic heterocycles. The first-order chi connectivity index (χ1) is 15.3. The molecule has 4 aromatic rings. The minimum atomic E-state index is -4.94. The molecule has 0 spiro atoms. The summed E-state index contributed by atoms with van der Waals surface area (Å²) in [6.07, 6.45) is 6.65. The molecule has 0 N–H and O–H groups in total. The smallest absolute Gasteiger partial charge is 0.222 e. The molecule has 0 bridgehead atoms. The maximum Gasteiger partial charge on any atom is 0.262 e. The molecule has 0 amide bonds. The first kappa shape index (κ1) is 22.7. The quantitative estimate of drug-likeness (QED) is 0.355. The van der Waals surface area contributed by atoms with Gasteiger partial charge in [0.1, 0.15) is 11.7 Å². The van der Waals surface area contributed by atoms with Crippen molar-refractivity contribution in [3.63, 3.8) is 0 Å². The van der Waals surface area contributed by atoms with Crippen LogP contribution in [0.3, 0.4) is 0 Å². The number of aromatic nitrogens is 1. The summed E-state index contributed by atoms with van der Waals surface area (Å²) in [4.78, 5) is 2.64. The average Bonchev–Trinajstić information content (AvgIpc) is 3.08. The minimum Gasteiger partial charge on any atom is -0.222 e. The van der Waals surface area contributed by atoms with Crippen molar-refractivity contribution in [3.05, 3.63) is 101 Å². The summed E-state index contributed by atoms with van der Waals surface area (Å²) in [5, 5.41) is 1.25. The number of thiazole rings is 1. The van der Waals surface area contributed by atoms with Crippen LogP contribution in [0.15, 0.2) is 94.7 Å². The van der Waals surface area contributed by atoms with Gasteiger partial charge in [0.05, 0.1) is 0 Å². The Morgan fingerprint density at radius 2 is 1.31 bits per heavy atom. The number of nitrogens with zero attached hydrogens (tertiary/aromatic N) is 1. The number of rotatable bonds is 2. The van der Waals surface area contributed by atoms with Crippen molar-refractivity contribution in [2.75, 3.05) is 0 Å². The van der Waals surface area contributed by atoms with E-state index in [0.717, 1.165) is 0 Å². The predicted octanol–water partition coefficient (Wildman–Crippen LogP) is 1.58. The van der Waals surface area contributed by atoms with E-state index in [4.69, 9.17) is 18.6 Å². The molecule has 2 heterocycles. The Morgan fingerprint density at radius 1 is 0.781 bits per heavy atom. The second-order valence-electron chi connectivity index (χ2n) is 6.88. The third-order valence-electron chi connectivity index (χ3n) is 4.85. The molecule has 0 atom stereocenters. The monoisotopic (exact) mass is 483 g/mol. The van der Waals surface area contributed by atoms with Crippen LogP contribution in [0.2, 0.25) is 0 Å². The highest BCUT2D eigenvalue weighted by atomic mass is 35.7.